The van der Waals surface area contributed by atoms with E-state index in [4.69, 9.17) is 10.8 Å². The lowest BCUT2D eigenvalue weighted by atomic mass is 10.2. The molecule has 0 atom stereocenters. The van der Waals surface area contributed by atoms with Crippen LogP contribution in [0.5, 0.6) is 0 Å². The molecule has 1 aromatic carbocycles. The lowest BCUT2D eigenvalue weighted by Gasteiger charge is -2.10. The number of anilines is 1. The zero-order valence-electron chi connectivity index (χ0n) is 13.4. The molecule has 0 radical (unpaired) electrons. The molecule has 26 heavy (non-hydrogen) atoms. The Morgan fingerprint density at radius 3 is 2.46 bits per heavy atom. The highest BCUT2D eigenvalue weighted by atomic mass is 19.4. The lowest BCUT2D eigenvalue weighted by molar-refractivity contribution is -0.138. The lowest BCUT2D eigenvalue weighted by Crippen LogP contribution is -2.30. The Balaban J connectivity index is 2.41. The number of amidine groups is 1. The van der Waals surface area contributed by atoms with Gasteiger partial charge in [0.25, 0.3) is 5.56 Å². The molecule has 1 heterocycles. The van der Waals surface area contributed by atoms with Gasteiger partial charge < -0.3 is 16.2 Å². The predicted molar refractivity (Wildman–Crippen MR) is 87.5 cm³/mol. The summed E-state index contributed by atoms with van der Waals surface area (Å²) in [5.74, 6) is -1.44. The summed E-state index contributed by atoms with van der Waals surface area (Å²) in [6.07, 6.45) is -3.47. The maximum atomic E-state index is 12.6. The van der Waals surface area contributed by atoms with E-state index in [2.05, 4.69) is 15.3 Å². The SMILES string of the molecule is CNc1c(C(N)=Nc2ccc(C(F)(F)F)cc2)ncn(CC(=O)O)c1=O. The molecule has 0 aliphatic heterocycles. The second-order valence-corrected chi connectivity index (χ2v) is 5.09. The first kappa shape index (κ1) is 19.0. The number of nitrogens with two attached hydrogens (primary N) is 1. The van der Waals surface area contributed by atoms with Gasteiger partial charge in [-0.3, -0.25) is 14.2 Å². The van der Waals surface area contributed by atoms with Gasteiger partial charge >= 0.3 is 12.1 Å². The number of aliphatic imine (C=N–C) groups is 1. The highest BCUT2D eigenvalue weighted by Crippen LogP contribution is 2.30. The fourth-order valence-corrected chi connectivity index (χ4v) is 2.08. The summed E-state index contributed by atoms with van der Waals surface area (Å²) in [6, 6.07) is 3.95. The molecule has 11 heteroatoms. The molecule has 0 bridgehead atoms. The fraction of sp³-hybridized carbons (Fsp3) is 0.200. The Morgan fingerprint density at radius 1 is 1.35 bits per heavy atom. The van der Waals surface area contributed by atoms with Gasteiger partial charge in [-0.15, -0.1) is 0 Å². The Morgan fingerprint density at radius 2 is 1.96 bits per heavy atom. The van der Waals surface area contributed by atoms with Gasteiger partial charge in [-0.1, -0.05) is 0 Å². The zero-order valence-corrected chi connectivity index (χ0v) is 13.4. The first-order chi connectivity index (χ1) is 12.1. The van der Waals surface area contributed by atoms with Gasteiger partial charge in [0.1, 0.15) is 17.9 Å². The molecule has 4 N–H and O–H groups in total. The number of benzene rings is 1. The molecule has 0 aliphatic rings. The minimum atomic E-state index is -4.47. The number of carboxylic acids is 1. The maximum absolute atomic E-state index is 12.6. The molecular weight excluding hydrogens is 355 g/mol. The number of rotatable bonds is 5. The smallest absolute Gasteiger partial charge is 0.416 e. The van der Waals surface area contributed by atoms with E-state index in [-0.39, 0.29) is 22.9 Å². The quantitative estimate of drug-likeness (QED) is 0.541. The summed E-state index contributed by atoms with van der Waals surface area (Å²) >= 11 is 0. The van der Waals surface area contributed by atoms with Crippen molar-refractivity contribution in [2.45, 2.75) is 12.7 Å². The second kappa shape index (κ2) is 7.25. The number of nitrogens with zero attached hydrogens (tertiary/aromatic N) is 3. The maximum Gasteiger partial charge on any atom is 0.416 e. The molecule has 0 saturated heterocycles. The minimum Gasteiger partial charge on any atom is -0.480 e. The van der Waals surface area contributed by atoms with E-state index in [1.165, 1.54) is 7.05 Å². The molecule has 2 rings (SSSR count). The van der Waals surface area contributed by atoms with Crippen LogP contribution in [0.4, 0.5) is 24.5 Å². The Kier molecular flexibility index (Phi) is 5.29. The fourth-order valence-electron chi connectivity index (χ4n) is 2.08. The van der Waals surface area contributed by atoms with Crippen molar-refractivity contribution in [2.24, 2.45) is 10.7 Å². The standard InChI is InChI=1S/C15H14F3N5O3/c1-20-12-11(21-7-23(14(12)26)6-10(24)25)13(19)22-9-4-2-8(3-5-9)15(16,17)18/h2-5,7,20H,6H2,1H3,(H2,19,22)(H,24,25). The van der Waals surface area contributed by atoms with Gasteiger partial charge in [-0.2, -0.15) is 13.2 Å². The molecule has 138 valence electrons. The van der Waals surface area contributed by atoms with Crippen molar-refractivity contribution in [3.05, 3.63) is 52.2 Å². The summed E-state index contributed by atoms with van der Waals surface area (Å²) < 4.78 is 38.5. The first-order valence-electron chi connectivity index (χ1n) is 7.14. The van der Waals surface area contributed by atoms with Crippen molar-refractivity contribution in [3.63, 3.8) is 0 Å². The Bertz CT molecular complexity index is 904. The molecule has 2 aromatic rings. The van der Waals surface area contributed by atoms with Crippen LogP contribution in [0.15, 0.2) is 40.4 Å². The normalized spacial score (nSPS) is 12.1. The summed E-state index contributed by atoms with van der Waals surface area (Å²) in [6.45, 7) is -0.587. The number of nitrogens with one attached hydrogen (secondary N) is 1. The third-order valence-electron chi connectivity index (χ3n) is 3.28. The molecule has 0 spiro atoms. The number of hydrogen-bond donors (Lipinski definition) is 3. The van der Waals surface area contributed by atoms with Crippen molar-refractivity contribution in [1.82, 2.24) is 9.55 Å². The minimum absolute atomic E-state index is 0.0426. The number of aliphatic carboxylic acids is 1. The van der Waals surface area contributed by atoms with Gasteiger partial charge in [0.15, 0.2) is 5.84 Å². The topological polar surface area (TPSA) is 123 Å². The van der Waals surface area contributed by atoms with E-state index >= 15 is 0 Å². The largest absolute Gasteiger partial charge is 0.480 e. The molecule has 0 fully saturated rings. The summed E-state index contributed by atoms with van der Waals surface area (Å²) in [5.41, 5.74) is 4.31. The van der Waals surface area contributed by atoms with Gasteiger partial charge in [0.2, 0.25) is 0 Å². The third-order valence-corrected chi connectivity index (χ3v) is 3.28. The van der Waals surface area contributed by atoms with E-state index in [1.54, 1.807) is 0 Å². The van der Waals surface area contributed by atoms with Crippen LogP contribution in [-0.4, -0.2) is 33.5 Å². The van der Waals surface area contributed by atoms with Crippen molar-refractivity contribution in [3.8, 4) is 0 Å². The Hall–Kier alpha value is -3.37. The molecule has 0 saturated carbocycles. The van der Waals surface area contributed by atoms with Crippen LogP contribution < -0.4 is 16.6 Å². The highest BCUT2D eigenvalue weighted by molar-refractivity contribution is 6.01. The van der Waals surface area contributed by atoms with Gasteiger partial charge in [-0.05, 0) is 24.3 Å². The van der Waals surface area contributed by atoms with Crippen LogP contribution in [0.1, 0.15) is 11.3 Å². The zero-order chi connectivity index (χ0) is 19.5. The third kappa shape index (κ3) is 4.18. The molecule has 0 amide bonds. The molecule has 0 aliphatic carbocycles. The summed E-state index contributed by atoms with van der Waals surface area (Å²) in [7, 11) is 1.42. The average Bonchev–Trinajstić information content (AvgIpc) is 2.55. The van der Waals surface area contributed by atoms with Crippen molar-refractivity contribution in [1.29, 1.82) is 0 Å². The van der Waals surface area contributed by atoms with Crippen LogP contribution in [0.2, 0.25) is 0 Å². The van der Waals surface area contributed by atoms with Crippen LogP contribution in [0.25, 0.3) is 0 Å². The molecule has 1 aromatic heterocycles. The van der Waals surface area contributed by atoms with E-state index in [9.17, 15) is 22.8 Å². The van der Waals surface area contributed by atoms with E-state index in [1.807, 2.05) is 0 Å². The van der Waals surface area contributed by atoms with Gasteiger partial charge in [0, 0.05) is 7.05 Å². The number of carboxylic acid groups (broad SMARTS) is 1. The number of aromatic nitrogens is 2. The monoisotopic (exact) mass is 369 g/mol. The Labute approximate surface area is 144 Å². The summed E-state index contributed by atoms with van der Waals surface area (Å²) in [5, 5.41) is 11.3. The van der Waals surface area contributed by atoms with Crippen LogP contribution >= 0.6 is 0 Å². The first-order valence-corrected chi connectivity index (χ1v) is 7.14. The van der Waals surface area contributed by atoms with Gasteiger partial charge in [0.05, 0.1) is 17.6 Å². The van der Waals surface area contributed by atoms with E-state index < -0.39 is 29.8 Å². The van der Waals surface area contributed by atoms with Crippen molar-refractivity contribution >= 4 is 23.2 Å². The van der Waals surface area contributed by atoms with E-state index in [0.717, 1.165) is 35.2 Å². The predicted octanol–water partition coefficient (Wildman–Crippen LogP) is 1.43. The van der Waals surface area contributed by atoms with Crippen molar-refractivity contribution in [2.75, 3.05) is 12.4 Å². The van der Waals surface area contributed by atoms with Crippen LogP contribution in [-0.2, 0) is 17.5 Å². The highest BCUT2D eigenvalue weighted by Gasteiger charge is 2.29. The summed E-state index contributed by atoms with van der Waals surface area (Å²) in [4.78, 5) is 30.8. The molecule has 8 nitrogen and oxygen atoms in total. The number of alkyl halides is 3. The molecule has 0 unspecified atom stereocenters. The number of halogens is 3. The van der Waals surface area contributed by atoms with E-state index in [0.29, 0.717) is 0 Å². The number of carbonyl (C=O) groups is 1. The second-order valence-electron chi connectivity index (χ2n) is 5.09. The van der Waals surface area contributed by atoms with Crippen LogP contribution in [0.3, 0.4) is 0 Å². The number of hydrogen-bond acceptors (Lipinski definition) is 5. The average molecular weight is 369 g/mol. The van der Waals surface area contributed by atoms with Gasteiger partial charge in [-0.25, -0.2) is 9.98 Å². The van der Waals surface area contributed by atoms with Crippen LogP contribution in [0, 0.1) is 0 Å². The molecular formula is C15H14F3N5O3. The van der Waals surface area contributed by atoms with Crippen molar-refractivity contribution < 1.29 is 23.1 Å².